The highest BCUT2D eigenvalue weighted by molar-refractivity contribution is 6.02. The first-order valence-corrected chi connectivity index (χ1v) is 8.14. The second kappa shape index (κ2) is 6.91. The van der Waals surface area contributed by atoms with Gasteiger partial charge in [-0.15, -0.1) is 0 Å². The van der Waals surface area contributed by atoms with Crippen LogP contribution in [0.5, 0.6) is 0 Å². The number of nitrogens with one attached hydrogen (secondary N) is 1. The molecule has 1 saturated carbocycles. The summed E-state index contributed by atoms with van der Waals surface area (Å²) < 4.78 is 13.9. The molecule has 0 aliphatic heterocycles. The maximum Gasteiger partial charge on any atom is 0.227 e. The van der Waals surface area contributed by atoms with Crippen molar-refractivity contribution in [2.24, 2.45) is 5.92 Å². The van der Waals surface area contributed by atoms with Gasteiger partial charge in [0.1, 0.15) is 5.82 Å². The van der Waals surface area contributed by atoms with E-state index in [4.69, 9.17) is 0 Å². The third kappa shape index (κ3) is 3.50. The smallest absolute Gasteiger partial charge is 0.227 e. The molecule has 0 saturated heterocycles. The van der Waals surface area contributed by atoms with Crippen molar-refractivity contribution < 1.29 is 14.0 Å². The van der Waals surface area contributed by atoms with Gasteiger partial charge in [0.15, 0.2) is 5.78 Å². The lowest BCUT2D eigenvalue weighted by molar-refractivity contribution is -0.117. The van der Waals surface area contributed by atoms with Crippen molar-refractivity contribution in [3.8, 4) is 0 Å². The molecule has 1 unspecified atom stereocenters. The number of ketones is 1. The number of pyridine rings is 1. The van der Waals surface area contributed by atoms with Crippen LogP contribution in [0.3, 0.4) is 0 Å². The number of rotatable bonds is 6. The molecule has 1 aliphatic rings. The summed E-state index contributed by atoms with van der Waals surface area (Å²) in [6.45, 7) is 1.93. The average molecular weight is 326 g/mol. The number of carbonyl (C=O) groups excluding carboxylic acids is 2. The number of aromatic nitrogens is 1. The van der Waals surface area contributed by atoms with Crippen LogP contribution in [-0.4, -0.2) is 16.7 Å². The van der Waals surface area contributed by atoms with E-state index in [1.165, 1.54) is 18.2 Å². The second-order valence-electron chi connectivity index (χ2n) is 6.07. The van der Waals surface area contributed by atoms with Crippen LogP contribution >= 0.6 is 0 Å². The fraction of sp³-hybridized carbons (Fsp3) is 0.316. The molecule has 1 atom stereocenters. The summed E-state index contributed by atoms with van der Waals surface area (Å²) in [5.74, 6) is -1.18. The van der Waals surface area contributed by atoms with Gasteiger partial charge in [0.05, 0.1) is 5.69 Å². The predicted molar refractivity (Wildman–Crippen MR) is 89.4 cm³/mol. The number of halogens is 1. The van der Waals surface area contributed by atoms with Crippen molar-refractivity contribution in [3.63, 3.8) is 0 Å². The van der Waals surface area contributed by atoms with Crippen molar-refractivity contribution >= 4 is 17.4 Å². The van der Waals surface area contributed by atoms with Crippen LogP contribution in [0.1, 0.15) is 48.0 Å². The summed E-state index contributed by atoms with van der Waals surface area (Å²) in [4.78, 5) is 28.7. The van der Waals surface area contributed by atoms with Gasteiger partial charge in [0, 0.05) is 29.8 Å². The number of carbonyl (C=O) groups is 2. The van der Waals surface area contributed by atoms with Gasteiger partial charge in [-0.2, -0.15) is 0 Å². The summed E-state index contributed by atoms with van der Waals surface area (Å²) in [7, 11) is 0. The van der Waals surface area contributed by atoms with Crippen LogP contribution in [0.15, 0.2) is 42.7 Å². The molecule has 1 amide bonds. The van der Waals surface area contributed by atoms with E-state index in [1.54, 1.807) is 18.5 Å². The first-order valence-electron chi connectivity index (χ1n) is 8.14. The molecule has 24 heavy (non-hydrogen) atoms. The summed E-state index contributed by atoms with van der Waals surface area (Å²) in [6, 6.07) is 7.77. The molecule has 0 radical (unpaired) electrons. The maximum atomic E-state index is 13.9. The molecular weight excluding hydrogens is 307 g/mol. The van der Waals surface area contributed by atoms with Gasteiger partial charge < -0.3 is 5.32 Å². The molecule has 1 heterocycles. The SMILES string of the molecule is CCC(C(=O)c1ccc(F)c(NC(=O)C2CC2)c1)c1cccnc1. The van der Waals surface area contributed by atoms with E-state index in [9.17, 15) is 14.0 Å². The maximum absolute atomic E-state index is 13.9. The topological polar surface area (TPSA) is 59.1 Å². The van der Waals surface area contributed by atoms with Crippen molar-refractivity contribution in [1.29, 1.82) is 0 Å². The standard InChI is InChI=1S/C19H19FN2O2/c1-2-15(14-4-3-9-21-11-14)18(23)13-7-8-16(20)17(10-13)22-19(24)12-5-6-12/h3-4,7-12,15H,2,5-6H2,1H3,(H,22,24). The van der Waals surface area contributed by atoms with E-state index < -0.39 is 5.82 Å². The van der Waals surface area contributed by atoms with E-state index in [1.807, 2.05) is 13.0 Å². The van der Waals surface area contributed by atoms with Gasteiger partial charge in [-0.05, 0) is 49.1 Å². The van der Waals surface area contributed by atoms with Gasteiger partial charge in [-0.3, -0.25) is 14.6 Å². The molecule has 1 aromatic carbocycles. The lowest BCUT2D eigenvalue weighted by atomic mass is 9.89. The summed E-state index contributed by atoms with van der Waals surface area (Å²) >= 11 is 0. The van der Waals surface area contributed by atoms with Crippen LogP contribution in [0, 0.1) is 11.7 Å². The Balaban J connectivity index is 1.85. The Labute approximate surface area is 140 Å². The molecule has 3 rings (SSSR count). The molecule has 1 N–H and O–H groups in total. The monoisotopic (exact) mass is 326 g/mol. The van der Waals surface area contributed by atoms with Crippen LogP contribution in [-0.2, 0) is 4.79 Å². The summed E-state index contributed by atoms with van der Waals surface area (Å²) in [5.41, 5.74) is 1.29. The Kier molecular flexibility index (Phi) is 4.69. The van der Waals surface area contributed by atoms with Gasteiger partial charge in [-0.1, -0.05) is 13.0 Å². The zero-order valence-electron chi connectivity index (χ0n) is 13.5. The van der Waals surface area contributed by atoms with Crippen molar-refractivity contribution in [2.75, 3.05) is 5.32 Å². The molecule has 5 heteroatoms. The zero-order chi connectivity index (χ0) is 17.1. The van der Waals surface area contributed by atoms with Crippen LogP contribution in [0.2, 0.25) is 0 Å². The van der Waals surface area contributed by atoms with Gasteiger partial charge in [-0.25, -0.2) is 4.39 Å². The second-order valence-corrected chi connectivity index (χ2v) is 6.07. The minimum atomic E-state index is -0.532. The molecule has 0 bridgehead atoms. The van der Waals surface area contributed by atoms with Gasteiger partial charge in [0.2, 0.25) is 5.91 Å². The van der Waals surface area contributed by atoms with Crippen LogP contribution < -0.4 is 5.32 Å². The van der Waals surface area contributed by atoms with Crippen LogP contribution in [0.25, 0.3) is 0 Å². The Bertz CT molecular complexity index is 757. The lowest BCUT2D eigenvalue weighted by Gasteiger charge is -2.15. The number of benzene rings is 1. The summed E-state index contributed by atoms with van der Waals surface area (Å²) in [5, 5.41) is 2.59. The predicted octanol–water partition coefficient (Wildman–Crippen LogP) is 3.95. The van der Waals surface area contributed by atoms with Gasteiger partial charge >= 0.3 is 0 Å². The number of Topliss-reactive ketones (excluding diaryl/α,β-unsaturated/α-hetero) is 1. The molecule has 4 nitrogen and oxygen atoms in total. The van der Waals surface area contributed by atoms with Crippen molar-refractivity contribution in [2.45, 2.75) is 32.1 Å². The van der Waals surface area contributed by atoms with Crippen molar-refractivity contribution in [3.05, 3.63) is 59.7 Å². The number of hydrogen-bond donors (Lipinski definition) is 1. The van der Waals surface area contributed by atoms with E-state index in [0.29, 0.717) is 12.0 Å². The van der Waals surface area contributed by atoms with E-state index >= 15 is 0 Å². The van der Waals surface area contributed by atoms with Crippen LogP contribution in [0.4, 0.5) is 10.1 Å². The first-order chi connectivity index (χ1) is 11.6. The minimum absolute atomic E-state index is 0.0254. The molecule has 124 valence electrons. The van der Waals surface area contributed by atoms with E-state index in [-0.39, 0.29) is 29.2 Å². The third-order valence-electron chi connectivity index (χ3n) is 4.27. The van der Waals surface area contributed by atoms with Gasteiger partial charge in [0.25, 0.3) is 0 Å². The largest absolute Gasteiger partial charge is 0.323 e. The molecular formula is C19H19FN2O2. The highest BCUT2D eigenvalue weighted by Crippen LogP contribution is 2.31. The number of nitrogens with zero attached hydrogens (tertiary/aromatic N) is 1. The number of hydrogen-bond acceptors (Lipinski definition) is 3. The Morgan fingerprint density at radius 2 is 2.12 bits per heavy atom. The fourth-order valence-electron chi connectivity index (χ4n) is 2.71. The first kappa shape index (κ1) is 16.3. The minimum Gasteiger partial charge on any atom is -0.323 e. The fourth-order valence-corrected chi connectivity index (χ4v) is 2.71. The average Bonchev–Trinajstić information content (AvgIpc) is 3.43. The zero-order valence-corrected chi connectivity index (χ0v) is 13.5. The Morgan fingerprint density at radius 3 is 2.75 bits per heavy atom. The van der Waals surface area contributed by atoms with E-state index in [2.05, 4.69) is 10.3 Å². The lowest BCUT2D eigenvalue weighted by Crippen LogP contribution is -2.16. The molecule has 1 fully saturated rings. The highest BCUT2D eigenvalue weighted by atomic mass is 19.1. The molecule has 1 aromatic heterocycles. The number of amides is 1. The highest BCUT2D eigenvalue weighted by Gasteiger charge is 2.30. The quantitative estimate of drug-likeness (QED) is 0.818. The van der Waals surface area contributed by atoms with Crippen molar-refractivity contribution in [1.82, 2.24) is 4.98 Å². The Morgan fingerprint density at radius 1 is 1.33 bits per heavy atom. The Hall–Kier alpha value is -2.56. The molecule has 1 aliphatic carbocycles. The number of anilines is 1. The molecule has 2 aromatic rings. The normalized spacial score (nSPS) is 14.9. The third-order valence-corrected chi connectivity index (χ3v) is 4.27. The summed E-state index contributed by atoms with van der Waals surface area (Å²) in [6.07, 6.45) is 5.62. The van der Waals surface area contributed by atoms with E-state index in [0.717, 1.165) is 18.4 Å². The molecule has 0 spiro atoms.